The summed E-state index contributed by atoms with van der Waals surface area (Å²) in [6.07, 6.45) is 13.5. The van der Waals surface area contributed by atoms with E-state index in [0.29, 0.717) is 5.92 Å². The van der Waals surface area contributed by atoms with Crippen LogP contribution in [-0.4, -0.2) is 82.6 Å². The highest BCUT2D eigenvalue weighted by Crippen LogP contribution is 2.50. The van der Waals surface area contributed by atoms with Crippen LogP contribution in [0.5, 0.6) is 0 Å². The number of carbonyl (C=O) groups is 1. The molecule has 6 rings (SSSR count). The van der Waals surface area contributed by atoms with E-state index in [1.807, 2.05) is 18.5 Å². The SMILES string of the molecule is CN(C)[C@]1(c2cccc(F)c2)CC[C@@]2(CC1)CN(C1CCN(c3cncnc3)CC1)C(=O)N2CC1CC1. The molecule has 8 heteroatoms. The van der Waals surface area contributed by atoms with E-state index >= 15 is 0 Å². The van der Waals surface area contributed by atoms with Crippen LogP contribution < -0.4 is 4.90 Å². The molecule has 2 aliphatic carbocycles. The summed E-state index contributed by atoms with van der Waals surface area (Å²) in [5.74, 6) is 0.481. The monoisotopic (exact) mass is 506 g/mol. The van der Waals surface area contributed by atoms with Gasteiger partial charge in [-0.2, -0.15) is 0 Å². The molecule has 4 aliphatic rings. The molecule has 0 radical (unpaired) electrons. The highest BCUT2D eigenvalue weighted by atomic mass is 19.1. The highest BCUT2D eigenvalue weighted by molar-refractivity contribution is 5.79. The number of anilines is 1. The first-order valence-electron chi connectivity index (χ1n) is 13.9. The summed E-state index contributed by atoms with van der Waals surface area (Å²) in [7, 11) is 4.23. The van der Waals surface area contributed by atoms with Crippen molar-refractivity contribution >= 4 is 11.7 Å². The van der Waals surface area contributed by atoms with Crippen molar-refractivity contribution in [3.8, 4) is 0 Å². The summed E-state index contributed by atoms with van der Waals surface area (Å²) in [5.41, 5.74) is 1.81. The lowest BCUT2D eigenvalue weighted by Gasteiger charge is -2.51. The number of aromatic nitrogens is 2. The fraction of sp³-hybridized carbons (Fsp3) is 0.621. The predicted molar refractivity (Wildman–Crippen MR) is 142 cm³/mol. The number of carbonyl (C=O) groups excluding carboxylic acids is 1. The normalized spacial score (nSPS) is 29.1. The van der Waals surface area contributed by atoms with Crippen LogP contribution in [0.15, 0.2) is 43.0 Å². The molecule has 3 heterocycles. The molecular formula is C29H39FN6O. The van der Waals surface area contributed by atoms with Crippen molar-refractivity contribution in [2.75, 3.05) is 45.2 Å². The zero-order valence-electron chi connectivity index (χ0n) is 22.2. The van der Waals surface area contributed by atoms with Crippen molar-refractivity contribution in [2.45, 2.75) is 68.5 Å². The van der Waals surface area contributed by atoms with E-state index in [1.54, 1.807) is 12.4 Å². The van der Waals surface area contributed by atoms with Crippen LogP contribution in [0.4, 0.5) is 14.9 Å². The fourth-order valence-electron chi connectivity index (χ4n) is 7.16. The third-order valence-electron chi connectivity index (χ3n) is 9.69. The Balaban J connectivity index is 1.20. The van der Waals surface area contributed by atoms with Crippen molar-refractivity contribution in [1.29, 1.82) is 0 Å². The van der Waals surface area contributed by atoms with Crippen LogP contribution in [0.25, 0.3) is 0 Å². The molecule has 1 aromatic heterocycles. The molecule has 2 aliphatic heterocycles. The molecule has 0 unspecified atom stereocenters. The molecule has 198 valence electrons. The minimum absolute atomic E-state index is 0.114. The van der Waals surface area contributed by atoms with Gasteiger partial charge < -0.3 is 14.7 Å². The summed E-state index contributed by atoms with van der Waals surface area (Å²) in [6.45, 7) is 3.55. The predicted octanol–water partition coefficient (Wildman–Crippen LogP) is 4.50. The topological polar surface area (TPSA) is 55.8 Å². The maximum absolute atomic E-state index is 14.2. The third-order valence-corrected chi connectivity index (χ3v) is 9.69. The van der Waals surface area contributed by atoms with Gasteiger partial charge in [-0.1, -0.05) is 12.1 Å². The second kappa shape index (κ2) is 9.53. The van der Waals surface area contributed by atoms with Gasteiger partial charge in [-0.15, -0.1) is 0 Å². The molecule has 2 aromatic rings. The highest BCUT2D eigenvalue weighted by Gasteiger charge is 2.56. The van der Waals surface area contributed by atoms with Crippen molar-refractivity contribution < 1.29 is 9.18 Å². The van der Waals surface area contributed by atoms with E-state index in [1.165, 1.54) is 18.9 Å². The number of nitrogens with zero attached hydrogens (tertiary/aromatic N) is 6. The van der Waals surface area contributed by atoms with Crippen molar-refractivity contribution in [3.05, 3.63) is 54.4 Å². The Labute approximate surface area is 219 Å². The van der Waals surface area contributed by atoms with E-state index in [0.717, 1.165) is 76.0 Å². The number of piperidine rings is 1. The average molecular weight is 507 g/mol. The quantitative estimate of drug-likeness (QED) is 0.577. The minimum Gasteiger partial charge on any atom is -0.369 e. The second-order valence-electron chi connectivity index (χ2n) is 11.9. The van der Waals surface area contributed by atoms with E-state index in [4.69, 9.17) is 0 Å². The number of benzene rings is 1. The molecule has 0 bridgehead atoms. The number of rotatable bonds is 6. The summed E-state index contributed by atoms with van der Waals surface area (Å²) in [5, 5.41) is 0. The number of halogens is 1. The van der Waals surface area contributed by atoms with Crippen LogP contribution >= 0.6 is 0 Å². The standard InChI is InChI=1S/C29H39FN6O/c1-33(2)29(23-4-3-5-24(30)16-23)12-10-28(11-13-29)20-35(27(37)36(28)19-22-6-7-22)25-8-14-34(15-9-25)26-17-31-21-32-18-26/h3-5,16-18,21-22,25H,6-15,19-20H2,1-2H3/t28-,29-. The van der Waals surface area contributed by atoms with Crippen molar-refractivity contribution in [3.63, 3.8) is 0 Å². The largest absolute Gasteiger partial charge is 0.369 e. The van der Waals surface area contributed by atoms with Gasteiger partial charge in [0.1, 0.15) is 12.1 Å². The Kier molecular flexibility index (Phi) is 6.33. The van der Waals surface area contributed by atoms with Gasteiger partial charge >= 0.3 is 6.03 Å². The number of hydrogen-bond donors (Lipinski definition) is 0. The molecule has 1 spiro atoms. The Bertz CT molecular complexity index is 1110. The van der Waals surface area contributed by atoms with Gasteiger partial charge in [-0.3, -0.25) is 4.90 Å². The van der Waals surface area contributed by atoms with E-state index in [2.05, 4.69) is 49.7 Å². The number of urea groups is 1. The van der Waals surface area contributed by atoms with Crippen LogP contribution in [-0.2, 0) is 5.54 Å². The molecule has 2 saturated heterocycles. The van der Waals surface area contributed by atoms with Gasteiger partial charge in [0.15, 0.2) is 0 Å². The van der Waals surface area contributed by atoms with Gasteiger partial charge in [0.2, 0.25) is 0 Å². The van der Waals surface area contributed by atoms with Gasteiger partial charge in [-0.05, 0) is 89.1 Å². The van der Waals surface area contributed by atoms with Gasteiger partial charge in [-0.25, -0.2) is 19.2 Å². The van der Waals surface area contributed by atoms with E-state index < -0.39 is 0 Å². The lowest BCUT2D eigenvalue weighted by Crippen LogP contribution is -2.55. The van der Waals surface area contributed by atoms with Crippen LogP contribution in [0.1, 0.15) is 56.9 Å². The Hall–Kier alpha value is -2.74. The molecule has 1 aromatic carbocycles. The molecule has 37 heavy (non-hydrogen) atoms. The first kappa shape index (κ1) is 24.6. The number of amides is 2. The summed E-state index contributed by atoms with van der Waals surface area (Å²) >= 11 is 0. The van der Waals surface area contributed by atoms with Gasteiger partial charge in [0, 0.05) is 37.8 Å². The lowest BCUT2D eigenvalue weighted by atomic mass is 9.68. The lowest BCUT2D eigenvalue weighted by molar-refractivity contribution is 0.0224. The molecule has 4 fully saturated rings. The summed E-state index contributed by atoms with van der Waals surface area (Å²) in [4.78, 5) is 31.4. The first-order chi connectivity index (χ1) is 17.9. The smallest absolute Gasteiger partial charge is 0.320 e. The molecule has 0 N–H and O–H groups in total. The van der Waals surface area contributed by atoms with Crippen LogP contribution in [0.3, 0.4) is 0 Å². The maximum atomic E-state index is 14.2. The second-order valence-corrected chi connectivity index (χ2v) is 11.9. The Morgan fingerprint density at radius 2 is 1.73 bits per heavy atom. The van der Waals surface area contributed by atoms with Crippen molar-refractivity contribution in [2.24, 2.45) is 5.92 Å². The molecule has 0 atom stereocenters. The van der Waals surface area contributed by atoms with E-state index in [9.17, 15) is 9.18 Å². The first-order valence-corrected chi connectivity index (χ1v) is 13.9. The summed E-state index contributed by atoms with van der Waals surface area (Å²) < 4.78 is 14.2. The zero-order valence-corrected chi connectivity index (χ0v) is 22.2. The van der Waals surface area contributed by atoms with Crippen molar-refractivity contribution in [1.82, 2.24) is 24.7 Å². The molecule has 7 nitrogen and oxygen atoms in total. The third kappa shape index (κ3) is 4.47. The van der Waals surface area contributed by atoms with E-state index in [-0.39, 0.29) is 29.0 Å². The average Bonchev–Trinajstić information content (AvgIpc) is 3.71. The molecular weight excluding hydrogens is 467 g/mol. The molecule has 2 saturated carbocycles. The number of hydrogen-bond acceptors (Lipinski definition) is 5. The zero-order chi connectivity index (χ0) is 25.6. The minimum atomic E-state index is -0.196. The fourth-order valence-corrected chi connectivity index (χ4v) is 7.16. The van der Waals surface area contributed by atoms with Gasteiger partial charge in [0.25, 0.3) is 0 Å². The van der Waals surface area contributed by atoms with Crippen LogP contribution in [0, 0.1) is 11.7 Å². The Morgan fingerprint density at radius 3 is 2.35 bits per heavy atom. The van der Waals surface area contributed by atoms with Gasteiger partial charge in [0.05, 0.1) is 23.6 Å². The van der Waals surface area contributed by atoms with Crippen LogP contribution in [0.2, 0.25) is 0 Å². The Morgan fingerprint density at radius 1 is 1.03 bits per heavy atom. The molecule has 2 amide bonds. The summed E-state index contributed by atoms with van der Waals surface area (Å²) in [6, 6.07) is 7.65. The maximum Gasteiger partial charge on any atom is 0.320 e.